The quantitative estimate of drug-likeness (QED) is 0.0529. The zero-order valence-electron chi connectivity index (χ0n) is 32.3. The van der Waals surface area contributed by atoms with E-state index in [1.54, 1.807) is 0 Å². The average Bonchev–Trinajstić information content (AvgIpc) is 2.98. The summed E-state index contributed by atoms with van der Waals surface area (Å²) in [6.45, 7) is 30.3. The van der Waals surface area contributed by atoms with Crippen LogP contribution in [0.2, 0.25) is 0 Å². The highest BCUT2D eigenvalue weighted by molar-refractivity contribution is 4.53. The molecule has 0 spiro atoms. The summed E-state index contributed by atoms with van der Waals surface area (Å²) < 4.78 is 2.89. The number of hydrogen-bond donors (Lipinski definition) is 0. The van der Waals surface area contributed by atoms with E-state index in [1.165, 1.54) is 215 Å². The van der Waals surface area contributed by atoms with Gasteiger partial charge in [0.05, 0.1) is 52.4 Å². The average molecular weight is 668 g/mol. The fourth-order valence-corrected chi connectivity index (χ4v) is 6.92. The Morgan fingerprint density at radius 1 is 0.205 bits per heavy atom. The molecule has 0 fully saturated rings. The molecule has 0 aliphatic carbocycles. The minimum absolute atomic E-state index is 0. The van der Waals surface area contributed by atoms with Crippen molar-refractivity contribution in [2.24, 2.45) is 0 Å². The van der Waals surface area contributed by atoms with Gasteiger partial charge < -0.3 is 33.8 Å². The zero-order chi connectivity index (χ0) is 31.6. The summed E-state index contributed by atoms with van der Waals surface area (Å²) in [4.78, 5) is 0. The third kappa shape index (κ3) is 31.1. The zero-order valence-corrected chi connectivity index (χ0v) is 33.8. The van der Waals surface area contributed by atoms with E-state index in [0.717, 1.165) is 0 Å². The van der Waals surface area contributed by atoms with Crippen molar-refractivity contribution in [1.82, 2.24) is 0 Å². The normalized spacial score (nSPS) is 11.5. The Balaban J connectivity index is -0.000000348. The summed E-state index contributed by atoms with van der Waals surface area (Å²) in [5, 5.41) is 0. The number of nitrogens with zero attached hydrogens (tertiary/aromatic N) is 2. The van der Waals surface area contributed by atoms with Crippen molar-refractivity contribution in [2.45, 2.75) is 209 Å². The first-order valence-electron chi connectivity index (χ1n) is 20.2. The van der Waals surface area contributed by atoms with Gasteiger partial charge in [-0.3, -0.25) is 0 Å². The molecule has 0 saturated heterocycles. The Morgan fingerprint density at radius 3 is 0.409 bits per heavy atom. The van der Waals surface area contributed by atoms with Gasteiger partial charge in [0.1, 0.15) is 0 Å². The third-order valence-corrected chi connectivity index (χ3v) is 9.89. The van der Waals surface area contributed by atoms with Crippen molar-refractivity contribution < 1.29 is 33.8 Å². The summed E-state index contributed by atoms with van der Waals surface area (Å²) in [5.41, 5.74) is 0. The van der Waals surface area contributed by atoms with Crippen molar-refractivity contribution in [3.05, 3.63) is 0 Å². The molecule has 0 rings (SSSR count). The summed E-state index contributed by atoms with van der Waals surface area (Å²) in [6, 6.07) is 0. The first kappa shape index (κ1) is 51.3. The van der Waals surface area contributed by atoms with Gasteiger partial charge in [-0.25, -0.2) is 0 Å². The topological polar surface area (TPSA) is 0 Å². The van der Waals surface area contributed by atoms with Crippen LogP contribution in [0.1, 0.15) is 209 Å². The molecule has 0 N–H and O–H groups in total. The van der Waals surface area contributed by atoms with Gasteiger partial charge in [0.25, 0.3) is 0 Å². The second-order valence-electron chi connectivity index (χ2n) is 14.1. The fraction of sp³-hybridized carbons (Fsp3) is 1.00. The molecule has 0 aromatic carbocycles. The highest BCUT2D eigenvalue weighted by atomic mass is 35.5. The van der Waals surface area contributed by atoms with Gasteiger partial charge in [-0.2, -0.15) is 0 Å². The molecule has 0 aromatic rings. The number of halogens is 2. The highest BCUT2D eigenvalue weighted by Crippen LogP contribution is 2.20. The van der Waals surface area contributed by atoms with Gasteiger partial charge in [0, 0.05) is 0 Å². The number of hydrogen-bond acceptors (Lipinski definition) is 0. The largest absolute Gasteiger partial charge is 1.00 e. The molecule has 0 aliphatic heterocycles. The van der Waals surface area contributed by atoms with Crippen LogP contribution in [0.5, 0.6) is 0 Å². The summed E-state index contributed by atoms with van der Waals surface area (Å²) >= 11 is 0. The monoisotopic (exact) mass is 667 g/mol. The van der Waals surface area contributed by atoms with Crippen molar-refractivity contribution in [2.75, 3.05) is 52.4 Å². The lowest BCUT2D eigenvalue weighted by atomic mass is 10.1. The van der Waals surface area contributed by atoms with Crippen LogP contribution in [0.3, 0.4) is 0 Å². The molecule has 2 nitrogen and oxygen atoms in total. The SMILES string of the molecule is CCCCC[N+](CCCCC)(CCCCC)CCCCC.CCCCC[N+](CCCCC)(CCCCC)CCCCC.[Cl-].[Cl-]. The molecule has 0 bridgehead atoms. The molecular weight excluding hydrogens is 579 g/mol. The molecule has 272 valence electrons. The molecule has 0 unspecified atom stereocenters. The van der Waals surface area contributed by atoms with E-state index in [1.807, 2.05) is 0 Å². The molecule has 44 heavy (non-hydrogen) atoms. The van der Waals surface area contributed by atoms with E-state index < -0.39 is 0 Å². The lowest BCUT2D eigenvalue weighted by Gasteiger charge is -2.39. The Morgan fingerprint density at radius 2 is 0.318 bits per heavy atom. The first-order valence-corrected chi connectivity index (χ1v) is 20.2. The van der Waals surface area contributed by atoms with Gasteiger partial charge in [-0.15, -0.1) is 0 Å². The van der Waals surface area contributed by atoms with Gasteiger partial charge >= 0.3 is 0 Å². The van der Waals surface area contributed by atoms with E-state index in [0.29, 0.717) is 0 Å². The molecular formula is C40H88Cl2N2. The van der Waals surface area contributed by atoms with E-state index >= 15 is 0 Å². The molecule has 0 amide bonds. The first-order chi connectivity index (χ1) is 20.5. The van der Waals surface area contributed by atoms with Gasteiger partial charge in [-0.1, -0.05) is 107 Å². The Labute approximate surface area is 294 Å². The summed E-state index contributed by atoms with van der Waals surface area (Å²) in [6.07, 6.45) is 33.8. The van der Waals surface area contributed by atoms with Crippen LogP contribution in [-0.4, -0.2) is 61.3 Å². The lowest BCUT2D eigenvalue weighted by Crippen LogP contribution is -3.00. The van der Waals surface area contributed by atoms with Crippen LogP contribution in [0.25, 0.3) is 0 Å². The van der Waals surface area contributed by atoms with Crippen LogP contribution < -0.4 is 24.8 Å². The maximum Gasteiger partial charge on any atom is 0.0786 e. The standard InChI is InChI=1S/2C20H44N.2ClH/c2*1-5-9-13-17-21(18-14-10-6-2,19-15-11-7-3)20-16-12-8-4;;/h2*5-20H2,1-4H3;2*1H/q2*+1;;/p-2. The molecule has 0 aromatic heterocycles. The van der Waals surface area contributed by atoms with Crippen molar-refractivity contribution in [3.8, 4) is 0 Å². The van der Waals surface area contributed by atoms with Crippen LogP contribution >= 0.6 is 0 Å². The smallest absolute Gasteiger partial charge is 0.0786 e. The number of quaternary nitrogens is 2. The van der Waals surface area contributed by atoms with Crippen LogP contribution in [0, 0.1) is 0 Å². The highest BCUT2D eigenvalue weighted by Gasteiger charge is 2.26. The molecule has 0 saturated carbocycles. The Hall–Kier alpha value is 0.500. The maximum atomic E-state index is 2.33. The fourth-order valence-electron chi connectivity index (χ4n) is 6.92. The second kappa shape index (κ2) is 39.7. The molecule has 0 atom stereocenters. The van der Waals surface area contributed by atoms with Gasteiger partial charge in [0.2, 0.25) is 0 Å². The van der Waals surface area contributed by atoms with Crippen LogP contribution in [0.15, 0.2) is 0 Å². The van der Waals surface area contributed by atoms with Crippen LogP contribution in [-0.2, 0) is 0 Å². The summed E-state index contributed by atoms with van der Waals surface area (Å²) in [7, 11) is 0. The Kier molecular flexibility index (Phi) is 46.3. The van der Waals surface area contributed by atoms with Crippen LogP contribution in [0.4, 0.5) is 0 Å². The van der Waals surface area contributed by atoms with Crippen molar-refractivity contribution >= 4 is 0 Å². The van der Waals surface area contributed by atoms with E-state index in [9.17, 15) is 0 Å². The molecule has 0 radical (unpaired) electrons. The predicted molar refractivity (Wildman–Crippen MR) is 196 cm³/mol. The predicted octanol–water partition coefficient (Wildman–Crippen LogP) is 7.14. The third-order valence-electron chi connectivity index (χ3n) is 9.89. The summed E-state index contributed by atoms with van der Waals surface area (Å²) in [5.74, 6) is 0. The minimum atomic E-state index is 0. The van der Waals surface area contributed by atoms with Gasteiger partial charge in [0.15, 0.2) is 0 Å². The van der Waals surface area contributed by atoms with E-state index in [2.05, 4.69) is 55.4 Å². The van der Waals surface area contributed by atoms with Crippen molar-refractivity contribution in [3.63, 3.8) is 0 Å². The van der Waals surface area contributed by atoms with Crippen molar-refractivity contribution in [1.29, 1.82) is 0 Å². The minimum Gasteiger partial charge on any atom is -1.00 e. The van der Waals surface area contributed by atoms with E-state index in [4.69, 9.17) is 0 Å². The second-order valence-corrected chi connectivity index (χ2v) is 14.1. The van der Waals surface area contributed by atoms with Gasteiger partial charge in [-0.05, 0) is 103 Å². The Bertz CT molecular complexity index is 365. The lowest BCUT2D eigenvalue weighted by molar-refractivity contribution is -0.929. The maximum absolute atomic E-state index is 2.33. The number of unbranched alkanes of at least 4 members (excludes halogenated alkanes) is 16. The molecule has 0 aliphatic rings. The molecule has 0 heterocycles. The number of rotatable bonds is 32. The molecule has 4 heteroatoms. The van der Waals surface area contributed by atoms with E-state index in [-0.39, 0.29) is 24.8 Å².